The Morgan fingerprint density at radius 3 is 2.68 bits per heavy atom. The number of ether oxygens (including phenoxy) is 3. The Labute approximate surface area is 109 Å². The maximum absolute atomic E-state index is 11.3. The van der Waals surface area contributed by atoms with Crippen molar-refractivity contribution in [3.05, 3.63) is 17.7 Å². The second-order valence-electron chi connectivity index (χ2n) is 3.75. The molecule has 0 aromatic heterocycles. The lowest BCUT2D eigenvalue weighted by Gasteiger charge is -2.10. The third-order valence-electron chi connectivity index (χ3n) is 2.44. The van der Waals surface area contributed by atoms with Crippen molar-refractivity contribution in [2.24, 2.45) is 0 Å². The number of benzene rings is 1. The minimum Gasteiger partial charge on any atom is -0.483 e. The van der Waals surface area contributed by atoms with Crippen LogP contribution in [0.3, 0.4) is 0 Å². The number of nitrogens with one attached hydrogen (secondary N) is 1. The van der Waals surface area contributed by atoms with Crippen LogP contribution in [-0.2, 0) is 4.79 Å². The van der Waals surface area contributed by atoms with Crippen molar-refractivity contribution in [3.8, 4) is 17.2 Å². The molecule has 0 saturated carbocycles. The van der Waals surface area contributed by atoms with Gasteiger partial charge in [0.15, 0.2) is 18.1 Å². The minimum absolute atomic E-state index is 0.0359. The molecule has 1 heterocycles. The van der Waals surface area contributed by atoms with Crippen LogP contribution in [0.25, 0.3) is 0 Å². The first-order valence-electron chi connectivity index (χ1n) is 5.68. The van der Waals surface area contributed by atoms with Crippen molar-refractivity contribution in [2.45, 2.75) is 6.92 Å². The topological polar surface area (TPSA) is 94.1 Å². The van der Waals surface area contributed by atoms with Crippen LogP contribution in [0.5, 0.6) is 17.2 Å². The van der Waals surface area contributed by atoms with Gasteiger partial charge in [-0.1, -0.05) is 0 Å². The molecule has 1 aliphatic rings. The Kier molecular flexibility index (Phi) is 3.74. The van der Waals surface area contributed by atoms with Crippen LogP contribution in [0.15, 0.2) is 12.1 Å². The average molecular weight is 267 g/mol. The van der Waals surface area contributed by atoms with Gasteiger partial charge in [-0.05, 0) is 6.92 Å². The fourth-order valence-corrected chi connectivity index (χ4v) is 1.60. The fourth-order valence-electron chi connectivity index (χ4n) is 1.60. The van der Waals surface area contributed by atoms with E-state index in [-0.39, 0.29) is 30.6 Å². The predicted octanol–water partition coefficient (Wildman–Crippen LogP) is 0.628. The summed E-state index contributed by atoms with van der Waals surface area (Å²) >= 11 is 0. The van der Waals surface area contributed by atoms with Crippen LogP contribution in [0.4, 0.5) is 0 Å². The molecule has 0 fully saturated rings. The molecule has 7 nitrogen and oxygen atoms in total. The standard InChI is InChI=1S/C12H13NO6/c1-2-13-11(14)5-17-8-4-10-9(18-6-19-10)3-7(8)12(15)16/h3-4H,2,5-6H2,1H3,(H,13,14)(H,15,16). The molecule has 0 spiro atoms. The van der Waals surface area contributed by atoms with Crippen LogP contribution in [0, 0.1) is 0 Å². The van der Waals surface area contributed by atoms with Gasteiger partial charge in [0.2, 0.25) is 6.79 Å². The van der Waals surface area contributed by atoms with Gasteiger partial charge < -0.3 is 24.6 Å². The molecule has 7 heteroatoms. The van der Waals surface area contributed by atoms with Gasteiger partial charge >= 0.3 is 5.97 Å². The molecule has 0 atom stereocenters. The van der Waals surface area contributed by atoms with Crippen LogP contribution in [0.2, 0.25) is 0 Å². The predicted molar refractivity (Wildman–Crippen MR) is 63.7 cm³/mol. The number of hydrogen-bond donors (Lipinski definition) is 2. The SMILES string of the molecule is CCNC(=O)COc1cc2c(cc1C(=O)O)OCO2. The number of hydrogen-bond acceptors (Lipinski definition) is 5. The van der Waals surface area contributed by atoms with E-state index in [9.17, 15) is 9.59 Å². The lowest BCUT2D eigenvalue weighted by atomic mass is 10.2. The summed E-state index contributed by atoms with van der Waals surface area (Å²) in [6.45, 7) is 2.04. The van der Waals surface area contributed by atoms with E-state index in [0.29, 0.717) is 18.0 Å². The summed E-state index contributed by atoms with van der Waals surface area (Å²) in [4.78, 5) is 22.4. The summed E-state index contributed by atoms with van der Waals surface area (Å²) in [6.07, 6.45) is 0. The van der Waals surface area contributed by atoms with Gasteiger partial charge in [0.25, 0.3) is 5.91 Å². The monoisotopic (exact) mass is 267 g/mol. The number of likely N-dealkylation sites (N-methyl/N-ethyl adjacent to an activating group) is 1. The molecule has 0 radical (unpaired) electrons. The number of carbonyl (C=O) groups is 2. The number of carboxylic acid groups (broad SMARTS) is 1. The molecule has 19 heavy (non-hydrogen) atoms. The van der Waals surface area contributed by atoms with Crippen LogP contribution < -0.4 is 19.5 Å². The summed E-state index contributed by atoms with van der Waals surface area (Å²) in [5, 5.41) is 11.6. The first-order chi connectivity index (χ1) is 9.11. The van der Waals surface area contributed by atoms with E-state index in [1.807, 2.05) is 0 Å². The zero-order valence-electron chi connectivity index (χ0n) is 10.3. The van der Waals surface area contributed by atoms with E-state index in [2.05, 4.69) is 5.32 Å². The van der Waals surface area contributed by atoms with Crippen LogP contribution in [0.1, 0.15) is 17.3 Å². The smallest absolute Gasteiger partial charge is 0.339 e. The van der Waals surface area contributed by atoms with E-state index >= 15 is 0 Å². The Morgan fingerprint density at radius 1 is 1.37 bits per heavy atom. The van der Waals surface area contributed by atoms with Crippen molar-refractivity contribution in [1.29, 1.82) is 0 Å². The van der Waals surface area contributed by atoms with E-state index in [4.69, 9.17) is 19.3 Å². The molecular formula is C12H13NO6. The number of amides is 1. The molecule has 1 aromatic rings. The molecule has 1 amide bonds. The first kappa shape index (κ1) is 13.0. The van der Waals surface area contributed by atoms with Gasteiger partial charge in [0.05, 0.1) is 0 Å². The quantitative estimate of drug-likeness (QED) is 0.812. The lowest BCUT2D eigenvalue weighted by Crippen LogP contribution is -2.28. The average Bonchev–Trinajstić information content (AvgIpc) is 2.82. The maximum atomic E-state index is 11.3. The normalized spacial score (nSPS) is 12.1. The second kappa shape index (κ2) is 5.47. The van der Waals surface area contributed by atoms with Crippen molar-refractivity contribution in [2.75, 3.05) is 19.9 Å². The zero-order valence-corrected chi connectivity index (χ0v) is 10.3. The number of carboxylic acids is 1. The van der Waals surface area contributed by atoms with Crippen molar-refractivity contribution in [1.82, 2.24) is 5.32 Å². The highest BCUT2D eigenvalue weighted by Crippen LogP contribution is 2.38. The fraction of sp³-hybridized carbons (Fsp3) is 0.333. The zero-order chi connectivity index (χ0) is 13.8. The molecule has 0 aliphatic carbocycles. The van der Waals surface area contributed by atoms with Gasteiger partial charge in [0, 0.05) is 18.7 Å². The number of rotatable bonds is 5. The van der Waals surface area contributed by atoms with Crippen LogP contribution in [-0.4, -0.2) is 36.9 Å². The van der Waals surface area contributed by atoms with E-state index in [1.54, 1.807) is 6.92 Å². The molecule has 2 N–H and O–H groups in total. The molecule has 0 unspecified atom stereocenters. The molecule has 2 rings (SSSR count). The molecule has 0 bridgehead atoms. The van der Waals surface area contributed by atoms with Crippen LogP contribution >= 0.6 is 0 Å². The summed E-state index contributed by atoms with van der Waals surface area (Å²) in [6, 6.07) is 2.72. The molecular weight excluding hydrogens is 254 g/mol. The Balaban J connectivity index is 2.18. The highest BCUT2D eigenvalue weighted by molar-refractivity contribution is 5.92. The van der Waals surface area contributed by atoms with Gasteiger partial charge in [-0.25, -0.2) is 4.79 Å². The van der Waals surface area contributed by atoms with Gasteiger partial charge in [-0.15, -0.1) is 0 Å². The van der Waals surface area contributed by atoms with Gasteiger partial charge in [-0.2, -0.15) is 0 Å². The molecule has 1 aliphatic heterocycles. The van der Waals surface area contributed by atoms with Crippen molar-refractivity contribution >= 4 is 11.9 Å². The Bertz CT molecular complexity index is 513. The van der Waals surface area contributed by atoms with Crippen molar-refractivity contribution in [3.63, 3.8) is 0 Å². The molecule has 102 valence electrons. The second-order valence-corrected chi connectivity index (χ2v) is 3.75. The summed E-state index contributed by atoms with van der Waals surface area (Å²) in [5.74, 6) is -0.664. The first-order valence-corrected chi connectivity index (χ1v) is 5.68. The summed E-state index contributed by atoms with van der Waals surface area (Å²) < 4.78 is 15.4. The molecule has 0 saturated heterocycles. The Morgan fingerprint density at radius 2 is 2.05 bits per heavy atom. The number of fused-ring (bicyclic) bond motifs is 1. The molecule has 1 aromatic carbocycles. The maximum Gasteiger partial charge on any atom is 0.339 e. The van der Waals surface area contributed by atoms with E-state index in [0.717, 1.165) is 0 Å². The number of carbonyl (C=O) groups excluding carboxylic acids is 1. The van der Waals surface area contributed by atoms with E-state index in [1.165, 1.54) is 12.1 Å². The summed E-state index contributed by atoms with van der Waals surface area (Å²) in [5.41, 5.74) is -0.0754. The summed E-state index contributed by atoms with van der Waals surface area (Å²) in [7, 11) is 0. The lowest BCUT2D eigenvalue weighted by molar-refractivity contribution is -0.123. The minimum atomic E-state index is -1.16. The van der Waals surface area contributed by atoms with E-state index < -0.39 is 5.97 Å². The highest BCUT2D eigenvalue weighted by Gasteiger charge is 2.22. The third-order valence-corrected chi connectivity index (χ3v) is 2.44. The van der Waals surface area contributed by atoms with Gasteiger partial charge in [0.1, 0.15) is 11.3 Å². The van der Waals surface area contributed by atoms with Gasteiger partial charge in [-0.3, -0.25) is 4.79 Å². The third kappa shape index (κ3) is 2.87. The highest BCUT2D eigenvalue weighted by atomic mass is 16.7. The number of aromatic carboxylic acids is 1. The largest absolute Gasteiger partial charge is 0.483 e. The van der Waals surface area contributed by atoms with Crippen molar-refractivity contribution < 1.29 is 28.9 Å². The Hall–Kier alpha value is -2.44.